The maximum absolute atomic E-state index is 12.9. The van der Waals surface area contributed by atoms with Crippen LogP contribution in [0.1, 0.15) is 13.8 Å². The summed E-state index contributed by atoms with van der Waals surface area (Å²) in [5, 5.41) is 10.7. The second-order valence-corrected chi connectivity index (χ2v) is 6.05. The van der Waals surface area contributed by atoms with E-state index in [4.69, 9.17) is 4.74 Å². The molecular weight excluding hydrogens is 321 g/mol. The molecule has 0 bridgehead atoms. The lowest BCUT2D eigenvalue weighted by atomic mass is 10.2. The van der Waals surface area contributed by atoms with Crippen LogP contribution in [-0.4, -0.2) is 42.0 Å². The van der Waals surface area contributed by atoms with Crippen molar-refractivity contribution in [1.29, 1.82) is 0 Å². The molecule has 2 atom stereocenters. The van der Waals surface area contributed by atoms with E-state index in [-0.39, 0.29) is 11.9 Å². The summed E-state index contributed by atoms with van der Waals surface area (Å²) in [6.07, 6.45) is 3.66. The molecule has 136 valence electrons. The molecule has 25 heavy (non-hydrogen) atoms. The maximum atomic E-state index is 12.9. The third-order valence-electron chi connectivity index (χ3n) is 3.61. The Bertz CT molecular complexity index is 642. The van der Waals surface area contributed by atoms with Crippen LogP contribution in [0.2, 0.25) is 0 Å². The number of nitrogens with one attached hydrogen (secondary N) is 2. The van der Waals surface area contributed by atoms with Crippen LogP contribution in [0.4, 0.5) is 4.39 Å². The lowest BCUT2D eigenvalue weighted by Gasteiger charge is -2.19. The molecule has 2 rings (SSSR count). The topological polar surface area (TPSA) is 63.5 Å². The van der Waals surface area contributed by atoms with Gasteiger partial charge in [0, 0.05) is 32.5 Å². The third-order valence-corrected chi connectivity index (χ3v) is 3.61. The molecular formula is C18H26FN5O. The van der Waals surface area contributed by atoms with Gasteiger partial charge in [-0.2, -0.15) is 5.10 Å². The Morgan fingerprint density at radius 3 is 2.60 bits per heavy atom. The number of aromatic nitrogens is 2. The van der Waals surface area contributed by atoms with E-state index in [0.717, 1.165) is 19.0 Å². The molecule has 2 unspecified atom stereocenters. The van der Waals surface area contributed by atoms with Crippen molar-refractivity contribution in [1.82, 2.24) is 20.4 Å². The summed E-state index contributed by atoms with van der Waals surface area (Å²) in [5.74, 6) is 1.51. The van der Waals surface area contributed by atoms with Crippen LogP contribution in [0, 0.1) is 11.7 Å². The minimum absolute atomic E-state index is 0.0782. The molecule has 6 nitrogen and oxygen atoms in total. The van der Waals surface area contributed by atoms with E-state index < -0.39 is 0 Å². The molecule has 0 saturated heterocycles. The van der Waals surface area contributed by atoms with Crippen molar-refractivity contribution < 1.29 is 9.13 Å². The van der Waals surface area contributed by atoms with E-state index in [0.29, 0.717) is 18.2 Å². The molecule has 2 aromatic rings. The minimum Gasteiger partial charge on any atom is -0.489 e. The smallest absolute Gasteiger partial charge is 0.191 e. The number of halogens is 1. The molecule has 0 aliphatic rings. The number of rotatable bonds is 8. The molecule has 2 N–H and O–H groups in total. The van der Waals surface area contributed by atoms with E-state index in [2.05, 4.69) is 27.6 Å². The highest BCUT2D eigenvalue weighted by Gasteiger charge is 2.08. The fourth-order valence-electron chi connectivity index (χ4n) is 2.31. The average molecular weight is 347 g/mol. The van der Waals surface area contributed by atoms with Crippen LogP contribution in [0.5, 0.6) is 5.75 Å². The van der Waals surface area contributed by atoms with Gasteiger partial charge in [-0.15, -0.1) is 0 Å². The van der Waals surface area contributed by atoms with Gasteiger partial charge in [0.15, 0.2) is 5.96 Å². The highest BCUT2D eigenvalue weighted by molar-refractivity contribution is 5.79. The van der Waals surface area contributed by atoms with Crippen LogP contribution in [-0.2, 0) is 6.54 Å². The first-order chi connectivity index (χ1) is 12.1. The van der Waals surface area contributed by atoms with Gasteiger partial charge in [0.2, 0.25) is 0 Å². The minimum atomic E-state index is -0.271. The van der Waals surface area contributed by atoms with E-state index in [1.807, 2.05) is 23.9 Å². The Morgan fingerprint density at radius 2 is 1.96 bits per heavy atom. The normalized spacial score (nSPS) is 14.0. The van der Waals surface area contributed by atoms with Gasteiger partial charge < -0.3 is 15.4 Å². The average Bonchev–Trinajstić information content (AvgIpc) is 3.10. The molecule has 0 aliphatic heterocycles. The first kappa shape index (κ1) is 18.8. The standard InChI is InChI=1S/C18H26FN5O/c1-14(13-24-10-4-9-23-24)11-21-18(20-3)22-12-15(2)25-17-7-5-16(19)6-8-17/h4-10,14-15H,11-13H2,1-3H3,(H2,20,21,22). The second-order valence-electron chi connectivity index (χ2n) is 6.05. The first-order valence-corrected chi connectivity index (χ1v) is 8.41. The number of aliphatic imine (C=N–C) groups is 1. The maximum Gasteiger partial charge on any atom is 0.191 e. The number of benzene rings is 1. The quantitative estimate of drug-likeness (QED) is 0.568. The van der Waals surface area contributed by atoms with Crippen LogP contribution in [0.3, 0.4) is 0 Å². The molecule has 1 aromatic carbocycles. The molecule has 0 radical (unpaired) electrons. The van der Waals surface area contributed by atoms with Gasteiger partial charge >= 0.3 is 0 Å². The Hall–Kier alpha value is -2.57. The summed E-state index contributed by atoms with van der Waals surface area (Å²) >= 11 is 0. The fraction of sp³-hybridized carbons (Fsp3) is 0.444. The summed E-state index contributed by atoms with van der Waals surface area (Å²) in [5.41, 5.74) is 0. The van der Waals surface area contributed by atoms with Crippen molar-refractivity contribution in [3.8, 4) is 5.75 Å². The summed E-state index contributed by atoms with van der Waals surface area (Å²) in [6.45, 7) is 6.32. The summed E-state index contributed by atoms with van der Waals surface area (Å²) in [6, 6.07) is 7.93. The SMILES string of the molecule is CN=C(NCC(C)Cn1cccn1)NCC(C)Oc1ccc(F)cc1. The van der Waals surface area contributed by atoms with Crippen molar-refractivity contribution in [2.24, 2.45) is 10.9 Å². The molecule has 0 amide bonds. The highest BCUT2D eigenvalue weighted by Crippen LogP contribution is 2.12. The predicted octanol–water partition coefficient (Wildman–Crippen LogP) is 2.29. The number of nitrogens with zero attached hydrogens (tertiary/aromatic N) is 3. The second kappa shape index (κ2) is 9.66. The van der Waals surface area contributed by atoms with Crippen molar-refractivity contribution in [3.63, 3.8) is 0 Å². The molecule has 0 saturated carbocycles. The molecule has 0 aliphatic carbocycles. The van der Waals surface area contributed by atoms with Crippen LogP contribution in [0.15, 0.2) is 47.7 Å². The number of hydrogen-bond acceptors (Lipinski definition) is 3. The third kappa shape index (κ3) is 6.82. The lowest BCUT2D eigenvalue weighted by Crippen LogP contribution is -2.43. The van der Waals surface area contributed by atoms with Gasteiger partial charge in [-0.05, 0) is 43.2 Å². The Kier molecular flexibility index (Phi) is 7.25. The molecule has 0 spiro atoms. The number of guanidine groups is 1. The van der Waals surface area contributed by atoms with Gasteiger partial charge in [0.1, 0.15) is 17.7 Å². The van der Waals surface area contributed by atoms with E-state index in [1.165, 1.54) is 12.1 Å². The van der Waals surface area contributed by atoms with Gasteiger partial charge in [-0.25, -0.2) is 4.39 Å². The van der Waals surface area contributed by atoms with Gasteiger partial charge in [-0.1, -0.05) is 6.92 Å². The molecule has 1 aromatic heterocycles. The van der Waals surface area contributed by atoms with Crippen molar-refractivity contribution in [3.05, 3.63) is 48.5 Å². The Labute approximate surface area is 148 Å². The van der Waals surface area contributed by atoms with Gasteiger partial charge in [-0.3, -0.25) is 9.67 Å². The Balaban J connectivity index is 1.69. The molecule has 7 heteroatoms. The zero-order valence-electron chi connectivity index (χ0n) is 14.9. The first-order valence-electron chi connectivity index (χ1n) is 8.41. The van der Waals surface area contributed by atoms with E-state index >= 15 is 0 Å². The summed E-state index contributed by atoms with van der Waals surface area (Å²) < 4.78 is 20.5. The summed E-state index contributed by atoms with van der Waals surface area (Å²) in [4.78, 5) is 4.21. The lowest BCUT2D eigenvalue weighted by molar-refractivity contribution is 0.223. The molecule has 0 fully saturated rings. The largest absolute Gasteiger partial charge is 0.489 e. The van der Waals surface area contributed by atoms with Crippen molar-refractivity contribution >= 4 is 5.96 Å². The summed E-state index contributed by atoms with van der Waals surface area (Å²) in [7, 11) is 1.74. The van der Waals surface area contributed by atoms with Crippen LogP contribution < -0.4 is 15.4 Å². The van der Waals surface area contributed by atoms with Crippen LogP contribution >= 0.6 is 0 Å². The zero-order chi connectivity index (χ0) is 18.1. The van der Waals surface area contributed by atoms with Crippen LogP contribution in [0.25, 0.3) is 0 Å². The number of hydrogen-bond donors (Lipinski definition) is 2. The van der Waals surface area contributed by atoms with E-state index in [1.54, 1.807) is 25.4 Å². The van der Waals surface area contributed by atoms with Gasteiger partial charge in [0.05, 0.1) is 6.54 Å². The van der Waals surface area contributed by atoms with Crippen molar-refractivity contribution in [2.45, 2.75) is 26.5 Å². The number of ether oxygens (including phenoxy) is 1. The monoisotopic (exact) mass is 347 g/mol. The molecule has 1 heterocycles. The Morgan fingerprint density at radius 1 is 1.24 bits per heavy atom. The van der Waals surface area contributed by atoms with E-state index in [9.17, 15) is 4.39 Å². The fourth-order valence-corrected chi connectivity index (χ4v) is 2.31. The highest BCUT2D eigenvalue weighted by atomic mass is 19.1. The zero-order valence-corrected chi connectivity index (χ0v) is 14.9. The van der Waals surface area contributed by atoms with Gasteiger partial charge in [0.25, 0.3) is 0 Å². The van der Waals surface area contributed by atoms with Crippen molar-refractivity contribution in [2.75, 3.05) is 20.1 Å². The predicted molar refractivity (Wildman–Crippen MR) is 97.2 cm³/mol.